The zero-order valence-corrected chi connectivity index (χ0v) is 9.53. The van der Waals surface area contributed by atoms with E-state index in [0.717, 1.165) is 10.5 Å². The average molecular weight is 261 g/mol. The monoisotopic (exact) mass is 261 g/mol. The number of hydrogen-bond donors (Lipinski definition) is 3. The third-order valence-electron chi connectivity index (χ3n) is 2.58. The number of aromatic amines is 2. The van der Waals surface area contributed by atoms with E-state index in [2.05, 4.69) is 4.98 Å². The van der Waals surface area contributed by atoms with Crippen molar-refractivity contribution < 1.29 is 13.5 Å². The fourth-order valence-electron chi connectivity index (χ4n) is 1.56. The van der Waals surface area contributed by atoms with Crippen LogP contribution in [0.4, 0.5) is 0 Å². The Balaban J connectivity index is 2.34. The largest absolute Gasteiger partial charge is 0.396 e. The van der Waals surface area contributed by atoms with Crippen LogP contribution in [0.3, 0.4) is 0 Å². The van der Waals surface area contributed by atoms with Crippen molar-refractivity contribution in [3.8, 4) is 0 Å². The van der Waals surface area contributed by atoms with Gasteiger partial charge >= 0.3 is 5.69 Å². The van der Waals surface area contributed by atoms with Crippen molar-refractivity contribution in [1.29, 1.82) is 0 Å². The highest BCUT2D eigenvalue weighted by molar-refractivity contribution is 7.89. The standard InChI is InChI=1S/C8H11N3O5S/c12-4-5-2-11(3-5)17(15,16)6-1-9-8(14)10-7(6)13/h1,5,12H,2-4H2,(H2,9,10,13,14). The van der Waals surface area contributed by atoms with Crippen LogP contribution in [0.5, 0.6) is 0 Å². The minimum absolute atomic E-state index is 0.0893. The quantitative estimate of drug-likeness (QED) is 0.563. The van der Waals surface area contributed by atoms with E-state index in [-0.39, 0.29) is 25.6 Å². The second-order valence-electron chi connectivity index (χ2n) is 3.81. The summed E-state index contributed by atoms with van der Waals surface area (Å²) < 4.78 is 24.9. The summed E-state index contributed by atoms with van der Waals surface area (Å²) in [4.78, 5) is 25.6. The molecule has 0 unspecified atom stereocenters. The normalized spacial score (nSPS) is 17.9. The number of sulfonamides is 1. The van der Waals surface area contributed by atoms with Crippen molar-refractivity contribution >= 4 is 10.0 Å². The zero-order chi connectivity index (χ0) is 12.6. The number of nitrogens with one attached hydrogen (secondary N) is 2. The molecule has 3 N–H and O–H groups in total. The molecule has 1 aliphatic heterocycles. The van der Waals surface area contributed by atoms with E-state index in [4.69, 9.17) is 5.11 Å². The van der Waals surface area contributed by atoms with Gasteiger partial charge in [0.1, 0.15) is 0 Å². The summed E-state index contributed by atoms with van der Waals surface area (Å²) in [5.74, 6) is -0.0911. The highest BCUT2D eigenvalue weighted by atomic mass is 32.2. The highest BCUT2D eigenvalue weighted by Crippen LogP contribution is 2.22. The number of hydrogen-bond acceptors (Lipinski definition) is 5. The van der Waals surface area contributed by atoms with Crippen LogP contribution in [-0.4, -0.2) is 47.5 Å². The Bertz CT molecular complexity index is 625. The van der Waals surface area contributed by atoms with E-state index >= 15 is 0 Å². The summed E-state index contributed by atoms with van der Waals surface area (Å²) in [7, 11) is -3.88. The molecule has 8 nitrogen and oxygen atoms in total. The van der Waals surface area contributed by atoms with Gasteiger partial charge in [-0.3, -0.25) is 9.78 Å². The zero-order valence-electron chi connectivity index (χ0n) is 8.71. The first-order valence-corrected chi connectivity index (χ1v) is 6.32. The maximum atomic E-state index is 11.9. The summed E-state index contributed by atoms with van der Waals surface area (Å²) in [6, 6.07) is 0. The predicted molar refractivity (Wildman–Crippen MR) is 57.0 cm³/mol. The second kappa shape index (κ2) is 4.09. The third kappa shape index (κ3) is 2.04. The first kappa shape index (κ1) is 12.0. The molecule has 0 saturated carbocycles. The molecular formula is C8H11N3O5S. The van der Waals surface area contributed by atoms with E-state index in [1.54, 1.807) is 0 Å². The molecule has 0 spiro atoms. The molecule has 0 atom stereocenters. The first-order chi connectivity index (χ1) is 7.95. The van der Waals surface area contributed by atoms with Crippen LogP contribution in [0.1, 0.15) is 0 Å². The molecule has 17 heavy (non-hydrogen) atoms. The van der Waals surface area contributed by atoms with Crippen LogP contribution in [0.15, 0.2) is 20.7 Å². The SMILES string of the molecule is O=c1[nH]cc(S(=O)(=O)N2CC(CO)C2)c(=O)[nH]1. The molecular weight excluding hydrogens is 250 g/mol. The maximum absolute atomic E-state index is 11.9. The van der Waals surface area contributed by atoms with Crippen LogP contribution >= 0.6 is 0 Å². The molecule has 0 radical (unpaired) electrons. The first-order valence-electron chi connectivity index (χ1n) is 4.88. The highest BCUT2D eigenvalue weighted by Gasteiger charge is 2.37. The van der Waals surface area contributed by atoms with E-state index < -0.39 is 26.2 Å². The van der Waals surface area contributed by atoms with Gasteiger partial charge in [0, 0.05) is 31.8 Å². The molecule has 94 valence electrons. The predicted octanol–water partition coefficient (Wildman–Crippen LogP) is -2.32. The van der Waals surface area contributed by atoms with Gasteiger partial charge in [0.2, 0.25) is 10.0 Å². The van der Waals surface area contributed by atoms with Crippen molar-refractivity contribution in [3.63, 3.8) is 0 Å². The lowest BCUT2D eigenvalue weighted by Crippen LogP contribution is -2.52. The van der Waals surface area contributed by atoms with Gasteiger partial charge in [0.15, 0.2) is 4.90 Å². The summed E-state index contributed by atoms with van der Waals surface area (Å²) in [5, 5.41) is 8.79. The van der Waals surface area contributed by atoms with E-state index in [1.165, 1.54) is 0 Å². The van der Waals surface area contributed by atoms with Crippen LogP contribution in [0.25, 0.3) is 0 Å². The minimum Gasteiger partial charge on any atom is -0.396 e. The second-order valence-corrected chi connectivity index (χ2v) is 5.71. The number of aliphatic hydroxyl groups is 1. The molecule has 0 aromatic carbocycles. The lowest BCUT2D eigenvalue weighted by Gasteiger charge is -2.36. The lowest BCUT2D eigenvalue weighted by atomic mass is 10.1. The topological polar surface area (TPSA) is 123 Å². The van der Waals surface area contributed by atoms with E-state index in [0.29, 0.717) is 0 Å². The van der Waals surface area contributed by atoms with Gasteiger partial charge in [-0.25, -0.2) is 13.2 Å². The summed E-state index contributed by atoms with van der Waals surface area (Å²) in [6.45, 7) is 0.267. The van der Waals surface area contributed by atoms with Gasteiger partial charge in [-0.05, 0) is 0 Å². The van der Waals surface area contributed by atoms with Crippen molar-refractivity contribution in [2.75, 3.05) is 19.7 Å². The van der Waals surface area contributed by atoms with Crippen LogP contribution in [-0.2, 0) is 10.0 Å². The van der Waals surface area contributed by atoms with Gasteiger partial charge < -0.3 is 10.1 Å². The number of H-pyrrole nitrogens is 2. The van der Waals surface area contributed by atoms with Gasteiger partial charge in [-0.1, -0.05) is 0 Å². The molecule has 1 saturated heterocycles. The van der Waals surface area contributed by atoms with Crippen molar-refractivity contribution in [2.24, 2.45) is 5.92 Å². The number of aliphatic hydroxyl groups excluding tert-OH is 1. The fourth-order valence-corrected chi connectivity index (χ4v) is 3.15. The maximum Gasteiger partial charge on any atom is 0.325 e. The van der Waals surface area contributed by atoms with E-state index in [1.807, 2.05) is 4.98 Å². The molecule has 0 bridgehead atoms. The number of nitrogens with zero attached hydrogens (tertiary/aromatic N) is 1. The van der Waals surface area contributed by atoms with Crippen LogP contribution < -0.4 is 11.2 Å². The van der Waals surface area contributed by atoms with Gasteiger partial charge in [0.05, 0.1) is 0 Å². The van der Waals surface area contributed by atoms with Crippen molar-refractivity contribution in [3.05, 3.63) is 27.0 Å². The van der Waals surface area contributed by atoms with E-state index in [9.17, 15) is 18.0 Å². The number of aromatic nitrogens is 2. The smallest absolute Gasteiger partial charge is 0.325 e. The fraction of sp³-hybridized carbons (Fsp3) is 0.500. The third-order valence-corrected chi connectivity index (χ3v) is 4.42. The molecule has 1 aromatic rings. The van der Waals surface area contributed by atoms with Gasteiger partial charge in [0.25, 0.3) is 5.56 Å². The number of rotatable bonds is 3. The lowest BCUT2D eigenvalue weighted by molar-refractivity contribution is 0.117. The molecule has 2 rings (SSSR count). The summed E-state index contributed by atoms with van der Waals surface area (Å²) in [5.41, 5.74) is -1.70. The minimum atomic E-state index is -3.88. The van der Waals surface area contributed by atoms with Gasteiger partial charge in [-0.15, -0.1) is 0 Å². The van der Waals surface area contributed by atoms with Gasteiger partial charge in [-0.2, -0.15) is 4.31 Å². The Labute approximate surface area is 96.0 Å². The average Bonchev–Trinajstić information content (AvgIpc) is 2.14. The Kier molecular flexibility index (Phi) is 2.89. The summed E-state index contributed by atoms with van der Waals surface area (Å²) >= 11 is 0. The molecule has 1 aliphatic rings. The molecule has 0 aliphatic carbocycles. The van der Waals surface area contributed by atoms with Crippen LogP contribution in [0, 0.1) is 5.92 Å². The van der Waals surface area contributed by atoms with Crippen molar-refractivity contribution in [1.82, 2.24) is 14.3 Å². The summed E-state index contributed by atoms with van der Waals surface area (Å²) in [6.07, 6.45) is 0.878. The van der Waals surface area contributed by atoms with Crippen molar-refractivity contribution in [2.45, 2.75) is 4.90 Å². The molecule has 1 aromatic heterocycles. The molecule has 0 amide bonds. The molecule has 1 fully saturated rings. The molecule has 9 heteroatoms. The Morgan fingerprint density at radius 1 is 1.41 bits per heavy atom. The van der Waals surface area contributed by atoms with Crippen LogP contribution in [0.2, 0.25) is 0 Å². The Morgan fingerprint density at radius 2 is 2.06 bits per heavy atom. The molecule has 2 heterocycles. The Hall–Kier alpha value is -1.45. The Morgan fingerprint density at radius 3 is 2.59 bits per heavy atom.